The molecule has 0 spiro atoms. The van der Waals surface area contributed by atoms with Crippen molar-refractivity contribution in [1.82, 2.24) is 5.32 Å². The largest absolute Gasteiger partial charge is 0.370 e. The van der Waals surface area contributed by atoms with Crippen LogP contribution in [0, 0.1) is 0 Å². The van der Waals surface area contributed by atoms with Gasteiger partial charge in [0.2, 0.25) is 0 Å². The van der Waals surface area contributed by atoms with E-state index in [9.17, 15) is 8.42 Å². The molecule has 21 heavy (non-hydrogen) atoms. The molecule has 1 aliphatic rings. The smallest absolute Gasteiger partial charge is 0.152 e. The summed E-state index contributed by atoms with van der Waals surface area (Å²) in [5, 5.41) is 3.42. The summed E-state index contributed by atoms with van der Waals surface area (Å²) < 4.78 is 24.6. The molecule has 1 heterocycles. The average molecular weight is 375 g/mol. The predicted molar refractivity (Wildman–Crippen MR) is 91.6 cm³/mol. The zero-order valence-corrected chi connectivity index (χ0v) is 14.8. The second-order valence-electron chi connectivity index (χ2n) is 5.44. The van der Waals surface area contributed by atoms with Gasteiger partial charge in [-0.15, -0.1) is 0 Å². The van der Waals surface area contributed by atoms with Crippen LogP contribution in [0.15, 0.2) is 22.7 Å². The Kier molecular flexibility index (Phi) is 6.08. The highest BCUT2D eigenvalue weighted by Gasteiger charge is 2.20. The van der Waals surface area contributed by atoms with Crippen LogP contribution in [0.2, 0.25) is 0 Å². The van der Waals surface area contributed by atoms with Gasteiger partial charge >= 0.3 is 0 Å². The van der Waals surface area contributed by atoms with Crippen molar-refractivity contribution < 1.29 is 8.42 Å². The fourth-order valence-electron chi connectivity index (χ4n) is 2.58. The van der Waals surface area contributed by atoms with E-state index in [1.54, 1.807) is 0 Å². The minimum atomic E-state index is -2.87. The second-order valence-corrected chi connectivity index (χ2v) is 8.66. The van der Waals surface area contributed by atoms with Crippen LogP contribution in [0.25, 0.3) is 0 Å². The maximum absolute atomic E-state index is 11.8. The molecule has 1 fully saturated rings. The molecular formula is C15H23BrN2O2S. The Labute approximate surface area is 136 Å². The van der Waals surface area contributed by atoms with Gasteiger partial charge in [0.1, 0.15) is 0 Å². The number of halogens is 1. The Morgan fingerprint density at radius 2 is 2.10 bits per heavy atom. The Morgan fingerprint density at radius 3 is 2.86 bits per heavy atom. The number of benzene rings is 1. The second kappa shape index (κ2) is 7.61. The average Bonchev–Trinajstić information content (AvgIpc) is 2.60. The minimum Gasteiger partial charge on any atom is -0.370 e. The molecule has 0 amide bonds. The molecule has 4 nitrogen and oxygen atoms in total. The van der Waals surface area contributed by atoms with E-state index in [1.165, 1.54) is 5.56 Å². The van der Waals surface area contributed by atoms with Crippen LogP contribution in [0.3, 0.4) is 0 Å². The monoisotopic (exact) mass is 374 g/mol. The lowest BCUT2D eigenvalue weighted by Crippen LogP contribution is -2.28. The van der Waals surface area contributed by atoms with Crippen molar-refractivity contribution in [2.75, 3.05) is 36.0 Å². The SMILES string of the molecule is CCCNCc1cc(Br)ccc1N1CCCS(=O)(=O)CC1. The van der Waals surface area contributed by atoms with E-state index < -0.39 is 9.84 Å². The lowest BCUT2D eigenvalue weighted by molar-refractivity contribution is 0.597. The van der Waals surface area contributed by atoms with Crippen LogP contribution in [0.5, 0.6) is 0 Å². The van der Waals surface area contributed by atoms with Crippen LogP contribution in [-0.2, 0) is 16.4 Å². The molecular weight excluding hydrogens is 352 g/mol. The number of rotatable bonds is 5. The molecule has 0 aliphatic carbocycles. The molecule has 1 saturated heterocycles. The van der Waals surface area contributed by atoms with Gasteiger partial charge in [0.05, 0.1) is 11.5 Å². The van der Waals surface area contributed by atoms with E-state index >= 15 is 0 Å². The van der Waals surface area contributed by atoms with E-state index in [0.29, 0.717) is 18.7 Å². The van der Waals surface area contributed by atoms with Crippen molar-refractivity contribution in [2.24, 2.45) is 0 Å². The third-order valence-corrected chi connectivity index (χ3v) is 5.89. The Bertz CT molecular complexity index is 575. The summed E-state index contributed by atoms with van der Waals surface area (Å²) in [6.07, 6.45) is 1.81. The maximum atomic E-state index is 11.8. The molecule has 6 heteroatoms. The summed E-state index contributed by atoms with van der Waals surface area (Å²) in [6.45, 7) is 5.34. The van der Waals surface area contributed by atoms with Crippen LogP contribution >= 0.6 is 15.9 Å². The first-order valence-corrected chi connectivity index (χ1v) is 10.1. The fraction of sp³-hybridized carbons (Fsp3) is 0.600. The van der Waals surface area contributed by atoms with Gasteiger partial charge in [0.25, 0.3) is 0 Å². The van der Waals surface area contributed by atoms with Gasteiger partial charge in [0.15, 0.2) is 9.84 Å². The molecule has 0 atom stereocenters. The Morgan fingerprint density at radius 1 is 1.29 bits per heavy atom. The molecule has 0 saturated carbocycles. The maximum Gasteiger partial charge on any atom is 0.152 e. The summed E-state index contributed by atoms with van der Waals surface area (Å²) in [4.78, 5) is 2.21. The standard InChI is InChI=1S/C15H23BrN2O2S/c1-2-6-17-12-13-11-14(16)4-5-15(13)18-7-3-9-21(19,20)10-8-18/h4-5,11,17H,2-3,6-10,12H2,1H3. The lowest BCUT2D eigenvalue weighted by atomic mass is 10.1. The van der Waals surface area contributed by atoms with Crippen molar-refractivity contribution in [2.45, 2.75) is 26.3 Å². The zero-order chi connectivity index (χ0) is 15.3. The summed E-state index contributed by atoms with van der Waals surface area (Å²) >= 11 is 3.52. The number of nitrogens with zero attached hydrogens (tertiary/aromatic N) is 1. The first kappa shape index (κ1) is 16.8. The quantitative estimate of drug-likeness (QED) is 0.804. The number of hydrogen-bond donors (Lipinski definition) is 1. The van der Waals surface area contributed by atoms with Gasteiger partial charge in [-0.2, -0.15) is 0 Å². The number of hydrogen-bond acceptors (Lipinski definition) is 4. The van der Waals surface area contributed by atoms with E-state index in [0.717, 1.165) is 36.2 Å². The summed E-state index contributed by atoms with van der Waals surface area (Å²) in [5.74, 6) is 0.564. The van der Waals surface area contributed by atoms with Crippen LogP contribution in [-0.4, -0.2) is 39.6 Å². The molecule has 1 N–H and O–H groups in total. The molecule has 1 aliphatic heterocycles. The van der Waals surface area contributed by atoms with Crippen LogP contribution in [0.4, 0.5) is 5.69 Å². The van der Waals surface area contributed by atoms with Gasteiger partial charge in [-0.1, -0.05) is 22.9 Å². The van der Waals surface area contributed by atoms with E-state index in [-0.39, 0.29) is 5.75 Å². The Hall–Kier alpha value is -0.590. The first-order chi connectivity index (χ1) is 10.0. The fourth-order valence-corrected chi connectivity index (χ4v) is 4.26. The third-order valence-electron chi connectivity index (χ3n) is 3.68. The van der Waals surface area contributed by atoms with Gasteiger partial charge in [-0.05, 0) is 43.1 Å². The summed E-state index contributed by atoms with van der Waals surface area (Å²) in [7, 11) is -2.87. The van der Waals surface area contributed by atoms with Crippen molar-refractivity contribution >= 4 is 31.5 Å². The normalized spacial score (nSPS) is 18.5. The number of sulfone groups is 1. The van der Waals surface area contributed by atoms with E-state index in [2.05, 4.69) is 45.2 Å². The lowest BCUT2D eigenvalue weighted by Gasteiger charge is -2.25. The molecule has 1 aromatic rings. The molecule has 0 aromatic heterocycles. The predicted octanol–water partition coefficient (Wildman–Crippen LogP) is 2.57. The van der Waals surface area contributed by atoms with Crippen LogP contribution in [0.1, 0.15) is 25.3 Å². The molecule has 0 unspecified atom stereocenters. The number of nitrogens with one attached hydrogen (secondary N) is 1. The molecule has 118 valence electrons. The van der Waals surface area contributed by atoms with Crippen molar-refractivity contribution in [3.05, 3.63) is 28.2 Å². The molecule has 0 radical (unpaired) electrons. The topological polar surface area (TPSA) is 49.4 Å². The van der Waals surface area contributed by atoms with Crippen LogP contribution < -0.4 is 10.2 Å². The molecule has 2 rings (SSSR count). The highest BCUT2D eigenvalue weighted by Crippen LogP contribution is 2.26. The highest BCUT2D eigenvalue weighted by atomic mass is 79.9. The first-order valence-electron chi connectivity index (χ1n) is 7.46. The van der Waals surface area contributed by atoms with E-state index in [1.807, 2.05) is 6.07 Å². The van der Waals surface area contributed by atoms with Crippen molar-refractivity contribution in [3.8, 4) is 0 Å². The van der Waals surface area contributed by atoms with Crippen molar-refractivity contribution in [3.63, 3.8) is 0 Å². The van der Waals surface area contributed by atoms with Crippen molar-refractivity contribution in [1.29, 1.82) is 0 Å². The Balaban J connectivity index is 2.17. The van der Waals surface area contributed by atoms with Gasteiger partial charge in [-0.3, -0.25) is 0 Å². The minimum absolute atomic E-state index is 0.255. The number of anilines is 1. The highest BCUT2D eigenvalue weighted by molar-refractivity contribution is 9.10. The van der Waals surface area contributed by atoms with Gasteiger partial charge < -0.3 is 10.2 Å². The summed E-state index contributed by atoms with van der Waals surface area (Å²) in [5.41, 5.74) is 2.37. The molecule has 0 bridgehead atoms. The summed E-state index contributed by atoms with van der Waals surface area (Å²) in [6, 6.07) is 6.24. The zero-order valence-electron chi connectivity index (χ0n) is 12.4. The third kappa shape index (κ3) is 4.97. The molecule has 1 aromatic carbocycles. The van der Waals surface area contributed by atoms with E-state index in [4.69, 9.17) is 0 Å². The van der Waals surface area contributed by atoms with Gasteiger partial charge in [0, 0.05) is 29.8 Å². The van der Waals surface area contributed by atoms with Gasteiger partial charge in [-0.25, -0.2) is 8.42 Å².